The Kier molecular flexibility index (Phi) is 4.94. The van der Waals surface area contributed by atoms with E-state index in [4.69, 9.17) is 9.26 Å². The number of nitrogens with zero attached hydrogens (tertiary/aromatic N) is 3. The molecule has 27 heavy (non-hydrogen) atoms. The lowest BCUT2D eigenvalue weighted by molar-refractivity contribution is 0.0704. The van der Waals surface area contributed by atoms with E-state index in [0.29, 0.717) is 37.0 Å². The summed E-state index contributed by atoms with van der Waals surface area (Å²) in [6.07, 6.45) is 3.15. The van der Waals surface area contributed by atoms with Gasteiger partial charge in [0.25, 0.3) is 5.91 Å². The number of aryl methyl sites for hydroxylation is 1. The highest BCUT2D eigenvalue weighted by molar-refractivity contribution is 6.01. The molecule has 1 aromatic carbocycles. The van der Waals surface area contributed by atoms with Crippen LogP contribution in [0.3, 0.4) is 0 Å². The molecule has 0 spiro atoms. The fourth-order valence-electron chi connectivity index (χ4n) is 3.86. The standard InChI is InChI=1S/C20H24N4O3/c1-3-13-14-7-4-5-8-15(14)21-18(13)20(25)24-11-6-9-16(24)19-22-17(23-27-19)10-12-26-2/h4-5,7-8,16,21H,3,6,9-12H2,1-2H3/t16-/m1/s1. The van der Waals surface area contributed by atoms with Crippen LogP contribution in [-0.2, 0) is 17.6 Å². The van der Waals surface area contributed by atoms with Gasteiger partial charge in [-0.3, -0.25) is 4.79 Å². The summed E-state index contributed by atoms with van der Waals surface area (Å²) in [4.78, 5) is 23.0. The number of hydrogen-bond donors (Lipinski definition) is 1. The van der Waals surface area contributed by atoms with Gasteiger partial charge in [-0.05, 0) is 30.9 Å². The molecule has 142 valence electrons. The molecular formula is C20H24N4O3. The topological polar surface area (TPSA) is 84.2 Å². The minimum absolute atomic E-state index is 0.00203. The maximum atomic E-state index is 13.3. The van der Waals surface area contributed by atoms with Gasteiger partial charge in [0.1, 0.15) is 11.7 Å². The Balaban J connectivity index is 1.62. The number of carbonyl (C=O) groups is 1. The van der Waals surface area contributed by atoms with Gasteiger partial charge in [0.15, 0.2) is 5.82 Å². The van der Waals surface area contributed by atoms with Crippen molar-refractivity contribution in [2.75, 3.05) is 20.3 Å². The van der Waals surface area contributed by atoms with E-state index >= 15 is 0 Å². The third-order valence-electron chi connectivity index (χ3n) is 5.19. The number of aromatic nitrogens is 3. The van der Waals surface area contributed by atoms with Gasteiger partial charge in [0.2, 0.25) is 5.89 Å². The molecule has 1 amide bonds. The first-order valence-electron chi connectivity index (χ1n) is 9.45. The summed E-state index contributed by atoms with van der Waals surface area (Å²) in [5, 5.41) is 5.13. The molecule has 1 fully saturated rings. The van der Waals surface area contributed by atoms with Gasteiger partial charge in [0.05, 0.1) is 6.61 Å². The molecule has 0 bridgehead atoms. The number of likely N-dealkylation sites (tertiary alicyclic amines) is 1. The average Bonchev–Trinajstić information content (AvgIpc) is 3.42. The number of para-hydroxylation sites is 1. The number of methoxy groups -OCH3 is 1. The maximum Gasteiger partial charge on any atom is 0.271 e. The quantitative estimate of drug-likeness (QED) is 0.722. The molecule has 1 N–H and O–H groups in total. The van der Waals surface area contributed by atoms with Crippen molar-refractivity contribution in [1.29, 1.82) is 0 Å². The second kappa shape index (κ2) is 7.52. The van der Waals surface area contributed by atoms with Crippen LogP contribution in [0.5, 0.6) is 0 Å². The van der Waals surface area contributed by atoms with Gasteiger partial charge in [-0.25, -0.2) is 0 Å². The zero-order valence-corrected chi connectivity index (χ0v) is 15.7. The largest absolute Gasteiger partial charge is 0.384 e. The normalized spacial score (nSPS) is 17.1. The van der Waals surface area contributed by atoms with Crippen LogP contribution in [0, 0.1) is 0 Å². The zero-order chi connectivity index (χ0) is 18.8. The highest BCUT2D eigenvalue weighted by Crippen LogP contribution is 2.34. The Labute approximate surface area is 157 Å². The van der Waals surface area contributed by atoms with Crippen LogP contribution < -0.4 is 0 Å². The van der Waals surface area contributed by atoms with E-state index in [-0.39, 0.29) is 11.9 Å². The molecule has 1 atom stereocenters. The number of fused-ring (bicyclic) bond motifs is 1. The maximum absolute atomic E-state index is 13.3. The van der Waals surface area contributed by atoms with Crippen LogP contribution >= 0.6 is 0 Å². The lowest BCUT2D eigenvalue weighted by atomic mass is 10.1. The lowest BCUT2D eigenvalue weighted by Gasteiger charge is -2.21. The van der Waals surface area contributed by atoms with E-state index in [9.17, 15) is 4.79 Å². The summed E-state index contributed by atoms with van der Waals surface area (Å²) < 4.78 is 10.5. The minimum atomic E-state index is -0.169. The van der Waals surface area contributed by atoms with Crippen molar-refractivity contribution >= 4 is 16.8 Å². The predicted molar refractivity (Wildman–Crippen MR) is 101 cm³/mol. The van der Waals surface area contributed by atoms with E-state index in [1.165, 1.54) is 0 Å². The van der Waals surface area contributed by atoms with Crippen molar-refractivity contribution in [2.45, 2.75) is 38.6 Å². The molecule has 1 aliphatic rings. The van der Waals surface area contributed by atoms with E-state index in [1.54, 1.807) is 7.11 Å². The molecule has 0 aliphatic carbocycles. The molecular weight excluding hydrogens is 344 g/mol. The number of aromatic amines is 1. The number of H-pyrrole nitrogens is 1. The van der Waals surface area contributed by atoms with Gasteiger partial charge in [-0.15, -0.1) is 0 Å². The first-order chi connectivity index (χ1) is 13.2. The van der Waals surface area contributed by atoms with Gasteiger partial charge < -0.3 is 19.1 Å². The van der Waals surface area contributed by atoms with E-state index in [0.717, 1.165) is 35.7 Å². The Hall–Kier alpha value is -2.67. The van der Waals surface area contributed by atoms with Gasteiger partial charge in [-0.2, -0.15) is 4.98 Å². The second-order valence-corrected chi connectivity index (χ2v) is 6.83. The number of rotatable bonds is 6. The Bertz CT molecular complexity index is 946. The number of hydrogen-bond acceptors (Lipinski definition) is 5. The summed E-state index contributed by atoms with van der Waals surface area (Å²) in [6.45, 7) is 3.31. The van der Waals surface area contributed by atoms with Crippen molar-refractivity contribution in [2.24, 2.45) is 0 Å². The molecule has 2 aromatic heterocycles. The van der Waals surface area contributed by atoms with Crippen molar-refractivity contribution in [3.63, 3.8) is 0 Å². The molecule has 3 aromatic rings. The first kappa shape index (κ1) is 17.7. The summed E-state index contributed by atoms with van der Waals surface area (Å²) in [6, 6.07) is 7.88. The summed E-state index contributed by atoms with van der Waals surface area (Å²) in [5.41, 5.74) is 2.73. The molecule has 7 heteroatoms. The fraction of sp³-hybridized carbons (Fsp3) is 0.450. The van der Waals surface area contributed by atoms with Crippen molar-refractivity contribution in [3.8, 4) is 0 Å². The second-order valence-electron chi connectivity index (χ2n) is 6.83. The highest BCUT2D eigenvalue weighted by Gasteiger charge is 2.36. The molecule has 1 aliphatic heterocycles. The van der Waals surface area contributed by atoms with Gasteiger partial charge in [-0.1, -0.05) is 30.3 Å². The molecule has 1 saturated heterocycles. The zero-order valence-electron chi connectivity index (χ0n) is 15.7. The number of amides is 1. The SMILES string of the molecule is CCc1c(C(=O)N2CCC[C@@H]2c2nc(CCOC)no2)[nH]c2ccccc12. The fourth-order valence-corrected chi connectivity index (χ4v) is 3.86. The molecule has 3 heterocycles. The van der Waals surface area contributed by atoms with Crippen LogP contribution in [0.1, 0.15) is 53.6 Å². The molecule has 0 radical (unpaired) electrons. The summed E-state index contributed by atoms with van der Waals surface area (Å²) in [5.74, 6) is 1.13. The minimum Gasteiger partial charge on any atom is -0.384 e. The Morgan fingerprint density at radius 3 is 3.07 bits per heavy atom. The first-order valence-corrected chi connectivity index (χ1v) is 9.45. The molecule has 4 rings (SSSR count). The monoisotopic (exact) mass is 368 g/mol. The van der Waals surface area contributed by atoms with E-state index in [2.05, 4.69) is 28.1 Å². The van der Waals surface area contributed by atoms with Crippen molar-refractivity contribution in [3.05, 3.63) is 47.2 Å². The highest BCUT2D eigenvalue weighted by atomic mass is 16.5. The van der Waals surface area contributed by atoms with Crippen LogP contribution in [0.2, 0.25) is 0 Å². The van der Waals surface area contributed by atoms with Gasteiger partial charge >= 0.3 is 0 Å². The number of carbonyl (C=O) groups excluding carboxylic acids is 1. The van der Waals surface area contributed by atoms with E-state index in [1.807, 2.05) is 23.1 Å². The third-order valence-corrected chi connectivity index (χ3v) is 5.19. The summed E-state index contributed by atoms with van der Waals surface area (Å²) in [7, 11) is 1.64. The Morgan fingerprint density at radius 2 is 2.26 bits per heavy atom. The average molecular weight is 368 g/mol. The Morgan fingerprint density at radius 1 is 1.41 bits per heavy atom. The number of ether oxygens (including phenoxy) is 1. The van der Waals surface area contributed by atoms with Crippen LogP contribution in [-0.4, -0.2) is 46.2 Å². The molecule has 7 nitrogen and oxygen atoms in total. The lowest BCUT2D eigenvalue weighted by Crippen LogP contribution is -2.31. The van der Waals surface area contributed by atoms with Crippen LogP contribution in [0.15, 0.2) is 28.8 Å². The number of benzene rings is 1. The van der Waals surface area contributed by atoms with Crippen molar-refractivity contribution in [1.82, 2.24) is 20.0 Å². The molecule has 0 saturated carbocycles. The van der Waals surface area contributed by atoms with Crippen molar-refractivity contribution < 1.29 is 14.1 Å². The van der Waals surface area contributed by atoms with Gasteiger partial charge in [0, 0.05) is 31.0 Å². The molecule has 0 unspecified atom stereocenters. The third kappa shape index (κ3) is 3.23. The van der Waals surface area contributed by atoms with Crippen LogP contribution in [0.25, 0.3) is 10.9 Å². The van der Waals surface area contributed by atoms with E-state index < -0.39 is 0 Å². The van der Waals surface area contributed by atoms with Crippen LogP contribution in [0.4, 0.5) is 0 Å². The smallest absolute Gasteiger partial charge is 0.271 e. The predicted octanol–water partition coefficient (Wildman–Crippen LogP) is 3.28. The summed E-state index contributed by atoms with van der Waals surface area (Å²) >= 11 is 0. The number of nitrogens with one attached hydrogen (secondary N) is 1.